The topological polar surface area (TPSA) is 84.7 Å². The lowest BCUT2D eigenvalue weighted by molar-refractivity contribution is -0.119. The standard InChI is InChI=1S/C20H22FN3O3/c21-15-5-1-4-14(10-15)11-17-7-3-9-24(17)20(26)23-16-6-2-8-18(12-16)27-13-19(22)25/h1-2,4-6,8,10,12,17H,3,7,9,11,13H2,(H2,22,25)(H,23,26). The highest BCUT2D eigenvalue weighted by Crippen LogP contribution is 2.24. The number of urea groups is 1. The summed E-state index contributed by atoms with van der Waals surface area (Å²) in [4.78, 5) is 25.3. The third kappa shape index (κ3) is 5.20. The first-order valence-electron chi connectivity index (χ1n) is 8.84. The lowest BCUT2D eigenvalue weighted by Crippen LogP contribution is -2.39. The van der Waals surface area contributed by atoms with E-state index in [0.29, 0.717) is 24.4 Å². The normalized spacial score (nSPS) is 16.2. The van der Waals surface area contributed by atoms with Crippen LogP contribution in [0.3, 0.4) is 0 Å². The Bertz CT molecular complexity index is 828. The molecule has 3 N–H and O–H groups in total. The van der Waals surface area contributed by atoms with Gasteiger partial charge in [-0.25, -0.2) is 9.18 Å². The van der Waals surface area contributed by atoms with Gasteiger partial charge in [-0.3, -0.25) is 4.79 Å². The fourth-order valence-electron chi connectivity index (χ4n) is 3.26. The van der Waals surface area contributed by atoms with Gasteiger partial charge in [-0.1, -0.05) is 18.2 Å². The summed E-state index contributed by atoms with van der Waals surface area (Å²) in [6, 6.07) is 13.1. The van der Waals surface area contributed by atoms with Crippen LogP contribution < -0.4 is 15.8 Å². The van der Waals surface area contributed by atoms with E-state index in [9.17, 15) is 14.0 Å². The molecular formula is C20H22FN3O3. The molecule has 3 amide bonds. The third-order valence-corrected chi connectivity index (χ3v) is 4.46. The number of rotatable bonds is 6. The largest absolute Gasteiger partial charge is 0.484 e. The van der Waals surface area contributed by atoms with E-state index in [1.54, 1.807) is 35.2 Å². The lowest BCUT2D eigenvalue weighted by atomic mass is 10.0. The Morgan fingerprint density at radius 3 is 2.81 bits per heavy atom. The van der Waals surface area contributed by atoms with Crippen molar-refractivity contribution in [3.05, 3.63) is 59.9 Å². The van der Waals surface area contributed by atoms with Crippen LogP contribution in [0.15, 0.2) is 48.5 Å². The van der Waals surface area contributed by atoms with E-state index in [1.165, 1.54) is 12.1 Å². The molecule has 0 spiro atoms. The number of hydrogen-bond donors (Lipinski definition) is 2. The summed E-state index contributed by atoms with van der Waals surface area (Å²) in [5, 5.41) is 2.86. The van der Waals surface area contributed by atoms with Crippen molar-refractivity contribution in [2.75, 3.05) is 18.5 Å². The number of likely N-dealkylation sites (tertiary alicyclic amines) is 1. The van der Waals surface area contributed by atoms with Gasteiger partial charge in [-0.15, -0.1) is 0 Å². The highest BCUT2D eigenvalue weighted by Gasteiger charge is 2.29. The number of nitrogens with one attached hydrogen (secondary N) is 1. The van der Waals surface area contributed by atoms with Gasteiger partial charge in [0.2, 0.25) is 0 Å². The van der Waals surface area contributed by atoms with E-state index in [2.05, 4.69) is 5.32 Å². The summed E-state index contributed by atoms with van der Waals surface area (Å²) in [5.41, 5.74) is 6.51. The molecule has 2 aromatic carbocycles. The van der Waals surface area contributed by atoms with Crippen LogP contribution in [-0.4, -0.2) is 36.0 Å². The average molecular weight is 371 g/mol. The van der Waals surface area contributed by atoms with Gasteiger partial charge < -0.3 is 20.7 Å². The number of ether oxygens (including phenoxy) is 1. The molecule has 27 heavy (non-hydrogen) atoms. The average Bonchev–Trinajstić information content (AvgIpc) is 3.08. The van der Waals surface area contributed by atoms with Crippen LogP contribution in [0.5, 0.6) is 5.75 Å². The number of nitrogens with two attached hydrogens (primary N) is 1. The molecule has 1 aliphatic heterocycles. The minimum absolute atomic E-state index is 0.0288. The predicted molar refractivity (Wildman–Crippen MR) is 100.0 cm³/mol. The summed E-state index contributed by atoms with van der Waals surface area (Å²) in [5.74, 6) is -0.389. The monoisotopic (exact) mass is 371 g/mol. The molecule has 1 fully saturated rings. The molecule has 3 rings (SSSR count). The fourth-order valence-corrected chi connectivity index (χ4v) is 3.26. The zero-order valence-corrected chi connectivity index (χ0v) is 14.9. The second-order valence-corrected chi connectivity index (χ2v) is 6.54. The molecule has 0 bridgehead atoms. The number of primary amides is 1. The van der Waals surface area contributed by atoms with Crippen molar-refractivity contribution in [1.82, 2.24) is 4.90 Å². The van der Waals surface area contributed by atoms with Crippen LogP contribution in [-0.2, 0) is 11.2 Å². The predicted octanol–water partition coefficient (Wildman–Crippen LogP) is 2.93. The maximum Gasteiger partial charge on any atom is 0.322 e. The molecule has 1 heterocycles. The first kappa shape index (κ1) is 18.7. The Kier molecular flexibility index (Phi) is 5.90. The third-order valence-electron chi connectivity index (χ3n) is 4.46. The number of carbonyl (C=O) groups excluding carboxylic acids is 2. The van der Waals surface area contributed by atoms with Crippen LogP contribution >= 0.6 is 0 Å². The highest BCUT2D eigenvalue weighted by molar-refractivity contribution is 5.90. The molecule has 1 atom stereocenters. The van der Waals surface area contributed by atoms with Gasteiger partial charge in [-0.05, 0) is 49.1 Å². The second kappa shape index (κ2) is 8.53. The molecule has 1 aliphatic rings. The Morgan fingerprint density at radius 2 is 2.04 bits per heavy atom. The van der Waals surface area contributed by atoms with Gasteiger partial charge in [0.1, 0.15) is 11.6 Å². The summed E-state index contributed by atoms with van der Waals surface area (Å²) in [6.07, 6.45) is 2.41. The minimum Gasteiger partial charge on any atom is -0.484 e. The molecule has 0 saturated carbocycles. The Balaban J connectivity index is 1.63. The van der Waals surface area contributed by atoms with Gasteiger partial charge >= 0.3 is 6.03 Å². The molecule has 0 aromatic heterocycles. The summed E-state index contributed by atoms with van der Waals surface area (Å²) >= 11 is 0. The fraction of sp³-hybridized carbons (Fsp3) is 0.300. The molecule has 0 radical (unpaired) electrons. The van der Waals surface area contributed by atoms with Crippen LogP contribution in [0.2, 0.25) is 0 Å². The van der Waals surface area contributed by atoms with Crippen molar-refractivity contribution in [3.8, 4) is 5.75 Å². The number of benzene rings is 2. The van der Waals surface area contributed by atoms with Crippen molar-refractivity contribution in [2.45, 2.75) is 25.3 Å². The maximum atomic E-state index is 13.4. The number of hydrogen-bond acceptors (Lipinski definition) is 3. The number of halogens is 1. The lowest BCUT2D eigenvalue weighted by Gasteiger charge is -2.25. The van der Waals surface area contributed by atoms with Gasteiger partial charge in [0.15, 0.2) is 6.61 Å². The zero-order valence-electron chi connectivity index (χ0n) is 14.9. The number of carbonyl (C=O) groups is 2. The van der Waals surface area contributed by atoms with Gasteiger partial charge in [0, 0.05) is 24.3 Å². The van der Waals surface area contributed by atoms with E-state index in [1.807, 2.05) is 6.07 Å². The zero-order chi connectivity index (χ0) is 19.2. The van der Waals surface area contributed by atoms with Crippen LogP contribution in [0, 0.1) is 5.82 Å². The summed E-state index contributed by atoms with van der Waals surface area (Å²) < 4.78 is 18.7. The van der Waals surface area contributed by atoms with Crippen molar-refractivity contribution in [3.63, 3.8) is 0 Å². The molecule has 7 heteroatoms. The molecule has 142 valence electrons. The van der Waals surface area contributed by atoms with E-state index in [0.717, 1.165) is 18.4 Å². The molecule has 1 saturated heterocycles. The first-order valence-corrected chi connectivity index (χ1v) is 8.84. The number of anilines is 1. The maximum absolute atomic E-state index is 13.4. The molecule has 2 aromatic rings. The highest BCUT2D eigenvalue weighted by atomic mass is 19.1. The SMILES string of the molecule is NC(=O)COc1cccc(NC(=O)N2CCCC2Cc2cccc(F)c2)c1. The Hall–Kier alpha value is -3.09. The Labute approximate surface area is 157 Å². The van der Waals surface area contributed by atoms with E-state index >= 15 is 0 Å². The smallest absolute Gasteiger partial charge is 0.322 e. The Morgan fingerprint density at radius 1 is 1.22 bits per heavy atom. The van der Waals surface area contributed by atoms with Gasteiger partial charge in [0.05, 0.1) is 0 Å². The van der Waals surface area contributed by atoms with Gasteiger partial charge in [-0.2, -0.15) is 0 Å². The van der Waals surface area contributed by atoms with Gasteiger partial charge in [0.25, 0.3) is 5.91 Å². The second-order valence-electron chi connectivity index (χ2n) is 6.54. The molecule has 0 aliphatic carbocycles. The summed E-state index contributed by atoms with van der Waals surface area (Å²) in [7, 11) is 0. The van der Waals surface area contributed by atoms with E-state index in [-0.39, 0.29) is 24.5 Å². The molecule has 1 unspecified atom stereocenters. The quantitative estimate of drug-likeness (QED) is 0.819. The van der Waals surface area contributed by atoms with Crippen LogP contribution in [0.4, 0.5) is 14.9 Å². The number of nitrogens with zero attached hydrogens (tertiary/aromatic N) is 1. The van der Waals surface area contributed by atoms with Crippen molar-refractivity contribution >= 4 is 17.6 Å². The van der Waals surface area contributed by atoms with E-state index in [4.69, 9.17) is 10.5 Å². The molecule has 6 nitrogen and oxygen atoms in total. The van der Waals surface area contributed by atoms with Crippen LogP contribution in [0.1, 0.15) is 18.4 Å². The number of amides is 3. The van der Waals surface area contributed by atoms with Crippen molar-refractivity contribution < 1.29 is 18.7 Å². The minimum atomic E-state index is -0.568. The summed E-state index contributed by atoms with van der Waals surface area (Å²) in [6.45, 7) is 0.433. The first-order chi connectivity index (χ1) is 13.0. The van der Waals surface area contributed by atoms with E-state index < -0.39 is 5.91 Å². The van der Waals surface area contributed by atoms with Crippen LogP contribution in [0.25, 0.3) is 0 Å². The molecular weight excluding hydrogens is 349 g/mol. The van der Waals surface area contributed by atoms with Crippen molar-refractivity contribution in [1.29, 1.82) is 0 Å². The van der Waals surface area contributed by atoms with Crippen molar-refractivity contribution in [2.24, 2.45) is 5.73 Å².